The molecule has 4 heteroatoms. The molecule has 1 saturated heterocycles. The largest absolute Gasteiger partial charge is 0.496 e. The van der Waals surface area contributed by atoms with Crippen molar-refractivity contribution in [3.8, 4) is 5.75 Å². The van der Waals surface area contributed by atoms with Gasteiger partial charge in [0.25, 0.3) is 0 Å². The second-order valence-electron chi connectivity index (χ2n) is 4.02. The van der Waals surface area contributed by atoms with Gasteiger partial charge in [0.1, 0.15) is 5.75 Å². The lowest BCUT2D eigenvalue weighted by molar-refractivity contribution is -0.117. The van der Waals surface area contributed by atoms with Crippen LogP contribution in [0, 0.1) is 6.92 Å². The first-order valence-electron chi connectivity index (χ1n) is 5.25. The van der Waals surface area contributed by atoms with Crippen molar-refractivity contribution in [1.82, 2.24) is 0 Å². The topological polar surface area (TPSA) is 49.8 Å². The summed E-state index contributed by atoms with van der Waals surface area (Å²) in [7, 11) is 1.62. The van der Waals surface area contributed by atoms with Crippen molar-refractivity contribution in [2.24, 2.45) is 0 Å². The Morgan fingerprint density at radius 2 is 2.25 bits per heavy atom. The predicted octanol–water partition coefficient (Wildman–Crippen LogP) is 1.10. The first-order chi connectivity index (χ1) is 7.61. The summed E-state index contributed by atoms with van der Waals surface area (Å²) in [6, 6.07) is 5.57. The van der Waals surface area contributed by atoms with Crippen LogP contribution in [0.3, 0.4) is 0 Å². The molecule has 4 nitrogen and oxygen atoms in total. The van der Waals surface area contributed by atoms with Crippen molar-refractivity contribution in [1.29, 1.82) is 0 Å². The van der Waals surface area contributed by atoms with Crippen molar-refractivity contribution >= 4 is 11.6 Å². The van der Waals surface area contributed by atoms with Gasteiger partial charge >= 0.3 is 0 Å². The number of aliphatic hydroxyl groups excluding tert-OH is 1. The number of aryl methyl sites for hydroxylation is 1. The summed E-state index contributed by atoms with van der Waals surface area (Å²) in [6.07, 6.45) is -0.333. The van der Waals surface area contributed by atoms with Gasteiger partial charge in [-0.25, -0.2) is 0 Å². The molecule has 1 N–H and O–H groups in total. The third-order valence-electron chi connectivity index (χ3n) is 2.79. The lowest BCUT2D eigenvalue weighted by Crippen LogP contribution is -2.25. The maximum absolute atomic E-state index is 11.6. The van der Waals surface area contributed by atoms with E-state index in [0.29, 0.717) is 6.54 Å². The molecular formula is C12H15NO3. The highest BCUT2D eigenvalue weighted by Crippen LogP contribution is 2.27. The second-order valence-corrected chi connectivity index (χ2v) is 4.02. The number of amides is 1. The van der Waals surface area contributed by atoms with E-state index in [2.05, 4.69) is 0 Å². The molecule has 1 aliphatic rings. The monoisotopic (exact) mass is 221 g/mol. The molecule has 0 bridgehead atoms. The van der Waals surface area contributed by atoms with Crippen LogP contribution in [0.5, 0.6) is 5.75 Å². The van der Waals surface area contributed by atoms with E-state index >= 15 is 0 Å². The highest BCUT2D eigenvalue weighted by atomic mass is 16.5. The van der Waals surface area contributed by atoms with Gasteiger partial charge in [-0.05, 0) is 30.7 Å². The first kappa shape index (κ1) is 11.0. The van der Waals surface area contributed by atoms with Gasteiger partial charge in [-0.3, -0.25) is 4.79 Å². The van der Waals surface area contributed by atoms with E-state index in [1.807, 2.05) is 25.1 Å². The SMILES string of the molecule is COc1ccc(N2CC(O)CC2=O)cc1C. The maximum Gasteiger partial charge on any atom is 0.229 e. The fourth-order valence-electron chi connectivity index (χ4n) is 1.97. The molecule has 0 aliphatic carbocycles. The number of methoxy groups -OCH3 is 1. The van der Waals surface area contributed by atoms with Crippen molar-refractivity contribution in [2.45, 2.75) is 19.4 Å². The minimum absolute atomic E-state index is 0.0305. The number of hydrogen-bond donors (Lipinski definition) is 1. The second kappa shape index (κ2) is 4.14. The van der Waals surface area contributed by atoms with E-state index in [0.717, 1.165) is 17.0 Å². The number of aliphatic hydroxyl groups is 1. The number of β-amino-alcohol motifs (C(OH)–C–C–N with tert-alkyl or cyclic N) is 1. The number of rotatable bonds is 2. The van der Waals surface area contributed by atoms with Crippen molar-refractivity contribution in [3.05, 3.63) is 23.8 Å². The normalized spacial score (nSPS) is 20.3. The smallest absolute Gasteiger partial charge is 0.229 e. The average Bonchev–Trinajstić information content (AvgIpc) is 2.58. The van der Waals surface area contributed by atoms with Crippen LogP contribution in [0.15, 0.2) is 18.2 Å². The molecule has 0 spiro atoms. The summed E-state index contributed by atoms with van der Waals surface area (Å²) < 4.78 is 5.16. The molecule has 0 radical (unpaired) electrons. The highest BCUT2D eigenvalue weighted by Gasteiger charge is 2.29. The van der Waals surface area contributed by atoms with Gasteiger partial charge in [-0.1, -0.05) is 0 Å². The Balaban J connectivity index is 2.28. The third kappa shape index (κ3) is 1.88. The third-order valence-corrected chi connectivity index (χ3v) is 2.79. The fourth-order valence-corrected chi connectivity index (χ4v) is 1.97. The molecule has 2 rings (SSSR count). The molecular weight excluding hydrogens is 206 g/mol. The van der Waals surface area contributed by atoms with Gasteiger partial charge in [0.2, 0.25) is 5.91 Å². The number of benzene rings is 1. The number of hydrogen-bond acceptors (Lipinski definition) is 3. The van der Waals surface area contributed by atoms with Crippen LogP contribution < -0.4 is 9.64 Å². The Bertz CT molecular complexity index is 417. The molecule has 1 heterocycles. The van der Waals surface area contributed by atoms with Gasteiger partial charge < -0.3 is 14.7 Å². The minimum atomic E-state index is -0.546. The van der Waals surface area contributed by atoms with E-state index in [4.69, 9.17) is 4.74 Å². The number of carbonyl (C=O) groups is 1. The lowest BCUT2D eigenvalue weighted by Gasteiger charge is -2.17. The molecule has 1 aliphatic heterocycles. The van der Waals surface area contributed by atoms with E-state index in [9.17, 15) is 9.90 Å². The van der Waals surface area contributed by atoms with Crippen LogP contribution in [0.4, 0.5) is 5.69 Å². The van der Waals surface area contributed by atoms with E-state index < -0.39 is 6.10 Å². The number of nitrogens with zero attached hydrogens (tertiary/aromatic N) is 1. The van der Waals surface area contributed by atoms with Gasteiger partial charge in [-0.2, -0.15) is 0 Å². The van der Waals surface area contributed by atoms with Crippen LogP contribution in [0.25, 0.3) is 0 Å². The first-order valence-corrected chi connectivity index (χ1v) is 5.25. The highest BCUT2D eigenvalue weighted by molar-refractivity contribution is 5.96. The summed E-state index contributed by atoms with van der Waals surface area (Å²) in [4.78, 5) is 13.2. The summed E-state index contributed by atoms with van der Waals surface area (Å²) >= 11 is 0. The maximum atomic E-state index is 11.6. The summed E-state index contributed by atoms with van der Waals surface area (Å²) in [6.45, 7) is 2.31. The molecule has 1 amide bonds. The molecule has 0 aromatic heterocycles. The zero-order valence-corrected chi connectivity index (χ0v) is 9.43. The Kier molecular flexibility index (Phi) is 2.83. The Morgan fingerprint density at radius 1 is 1.50 bits per heavy atom. The van der Waals surface area contributed by atoms with Crippen molar-refractivity contribution in [2.75, 3.05) is 18.6 Å². The molecule has 16 heavy (non-hydrogen) atoms. The van der Waals surface area contributed by atoms with E-state index in [1.165, 1.54) is 0 Å². The van der Waals surface area contributed by atoms with E-state index in [-0.39, 0.29) is 12.3 Å². The van der Waals surface area contributed by atoms with Crippen LogP contribution in [-0.4, -0.2) is 30.8 Å². The van der Waals surface area contributed by atoms with Crippen LogP contribution in [0.2, 0.25) is 0 Å². The van der Waals surface area contributed by atoms with Crippen LogP contribution in [0.1, 0.15) is 12.0 Å². The molecule has 1 atom stereocenters. The zero-order chi connectivity index (χ0) is 11.7. The molecule has 1 aromatic carbocycles. The Morgan fingerprint density at radius 3 is 2.75 bits per heavy atom. The van der Waals surface area contributed by atoms with Gasteiger partial charge in [0.15, 0.2) is 0 Å². The molecule has 1 unspecified atom stereocenters. The molecule has 0 saturated carbocycles. The summed E-state index contributed by atoms with van der Waals surface area (Å²) in [5, 5.41) is 9.41. The summed E-state index contributed by atoms with van der Waals surface area (Å²) in [5.74, 6) is 0.771. The van der Waals surface area contributed by atoms with Crippen LogP contribution >= 0.6 is 0 Å². The number of ether oxygens (including phenoxy) is 1. The lowest BCUT2D eigenvalue weighted by atomic mass is 10.2. The molecule has 86 valence electrons. The van der Waals surface area contributed by atoms with Crippen LogP contribution in [-0.2, 0) is 4.79 Å². The van der Waals surface area contributed by atoms with Crippen molar-refractivity contribution < 1.29 is 14.6 Å². The molecule has 1 aromatic rings. The zero-order valence-electron chi connectivity index (χ0n) is 9.43. The standard InChI is InChI=1S/C12H15NO3/c1-8-5-9(3-4-11(8)16-2)13-7-10(14)6-12(13)15/h3-5,10,14H,6-7H2,1-2H3. The van der Waals surface area contributed by atoms with Gasteiger partial charge in [0, 0.05) is 5.69 Å². The van der Waals surface area contributed by atoms with Crippen molar-refractivity contribution in [3.63, 3.8) is 0 Å². The quantitative estimate of drug-likeness (QED) is 0.813. The van der Waals surface area contributed by atoms with E-state index in [1.54, 1.807) is 12.0 Å². The van der Waals surface area contributed by atoms with Gasteiger partial charge in [0.05, 0.1) is 26.2 Å². The predicted molar refractivity (Wildman–Crippen MR) is 60.7 cm³/mol. The van der Waals surface area contributed by atoms with Gasteiger partial charge in [-0.15, -0.1) is 0 Å². The Labute approximate surface area is 94.4 Å². The Hall–Kier alpha value is -1.55. The fraction of sp³-hybridized carbons (Fsp3) is 0.417. The molecule has 1 fully saturated rings. The summed E-state index contributed by atoms with van der Waals surface area (Å²) in [5.41, 5.74) is 1.80. The number of anilines is 1. The average molecular weight is 221 g/mol. The number of carbonyl (C=O) groups excluding carboxylic acids is 1. The minimum Gasteiger partial charge on any atom is -0.496 e.